The van der Waals surface area contributed by atoms with Gasteiger partial charge in [0.05, 0.1) is 13.2 Å². The fourth-order valence-electron chi connectivity index (χ4n) is 2.50. The Morgan fingerprint density at radius 3 is 2.95 bits per heavy atom. The van der Waals surface area contributed by atoms with Crippen LogP contribution in [0.15, 0.2) is 35.7 Å². The average molecular weight is 274 g/mol. The molecule has 3 N–H and O–H groups in total. The van der Waals surface area contributed by atoms with Crippen molar-refractivity contribution in [2.24, 2.45) is 5.84 Å². The molecule has 3 nitrogen and oxygen atoms in total. The summed E-state index contributed by atoms with van der Waals surface area (Å²) in [6, 6.07) is 11.0. The SMILES string of the molecule is NNC(CCc1cccs1)c1ccc2c(c1)COC2. The maximum absolute atomic E-state index is 5.71. The van der Waals surface area contributed by atoms with Crippen molar-refractivity contribution in [2.45, 2.75) is 32.1 Å². The third-order valence-electron chi connectivity index (χ3n) is 3.61. The molecular formula is C15H18N2OS. The number of nitrogens with two attached hydrogens (primary N) is 1. The van der Waals surface area contributed by atoms with E-state index in [-0.39, 0.29) is 6.04 Å². The molecule has 100 valence electrons. The average Bonchev–Trinajstić information content (AvgIpc) is 3.09. The van der Waals surface area contributed by atoms with Crippen molar-refractivity contribution < 1.29 is 4.74 Å². The van der Waals surface area contributed by atoms with Gasteiger partial charge in [-0.15, -0.1) is 11.3 Å². The summed E-state index contributed by atoms with van der Waals surface area (Å²) in [7, 11) is 0. The molecule has 1 unspecified atom stereocenters. The van der Waals surface area contributed by atoms with Crippen LogP contribution >= 0.6 is 11.3 Å². The van der Waals surface area contributed by atoms with Gasteiger partial charge in [-0.05, 0) is 41.0 Å². The van der Waals surface area contributed by atoms with Gasteiger partial charge in [0.2, 0.25) is 0 Å². The number of fused-ring (bicyclic) bond motifs is 1. The summed E-state index contributed by atoms with van der Waals surface area (Å²) in [5.41, 5.74) is 6.79. The minimum atomic E-state index is 0.202. The maximum atomic E-state index is 5.71. The summed E-state index contributed by atoms with van der Waals surface area (Å²) in [5, 5.41) is 2.12. The van der Waals surface area contributed by atoms with E-state index in [1.54, 1.807) is 11.3 Å². The molecule has 2 heterocycles. The van der Waals surface area contributed by atoms with Gasteiger partial charge in [0.1, 0.15) is 0 Å². The summed E-state index contributed by atoms with van der Waals surface area (Å²) in [6.45, 7) is 1.47. The van der Waals surface area contributed by atoms with Crippen molar-refractivity contribution in [3.63, 3.8) is 0 Å². The summed E-state index contributed by atoms with van der Waals surface area (Å²) in [4.78, 5) is 1.41. The predicted octanol–water partition coefficient (Wildman–Crippen LogP) is 2.92. The molecule has 1 aliphatic rings. The van der Waals surface area contributed by atoms with Gasteiger partial charge in [-0.3, -0.25) is 11.3 Å². The zero-order valence-corrected chi connectivity index (χ0v) is 11.6. The topological polar surface area (TPSA) is 47.3 Å². The number of ether oxygens (including phenoxy) is 1. The van der Waals surface area contributed by atoms with Gasteiger partial charge in [0.15, 0.2) is 0 Å². The lowest BCUT2D eigenvalue weighted by Gasteiger charge is -2.16. The third kappa shape index (κ3) is 2.87. The molecule has 0 saturated heterocycles. The van der Waals surface area contributed by atoms with E-state index in [0.29, 0.717) is 0 Å². The van der Waals surface area contributed by atoms with Crippen LogP contribution < -0.4 is 11.3 Å². The largest absolute Gasteiger partial charge is 0.372 e. The van der Waals surface area contributed by atoms with Gasteiger partial charge in [-0.25, -0.2) is 0 Å². The molecule has 3 rings (SSSR count). The molecule has 0 amide bonds. The summed E-state index contributed by atoms with van der Waals surface area (Å²) in [5.74, 6) is 5.71. The molecule has 1 aromatic carbocycles. The minimum Gasteiger partial charge on any atom is -0.372 e. The Bertz CT molecular complexity index is 539. The van der Waals surface area contributed by atoms with Gasteiger partial charge in [-0.1, -0.05) is 24.3 Å². The molecule has 0 spiro atoms. The number of hydrogen-bond acceptors (Lipinski definition) is 4. The maximum Gasteiger partial charge on any atom is 0.0725 e. The number of hydrogen-bond donors (Lipinski definition) is 2. The van der Waals surface area contributed by atoms with Crippen molar-refractivity contribution in [2.75, 3.05) is 0 Å². The van der Waals surface area contributed by atoms with Gasteiger partial charge in [-0.2, -0.15) is 0 Å². The highest BCUT2D eigenvalue weighted by atomic mass is 32.1. The van der Waals surface area contributed by atoms with Gasteiger partial charge in [0, 0.05) is 10.9 Å². The van der Waals surface area contributed by atoms with Crippen LogP contribution in [0, 0.1) is 0 Å². The van der Waals surface area contributed by atoms with Crippen LogP contribution in [-0.4, -0.2) is 0 Å². The van der Waals surface area contributed by atoms with Crippen LogP contribution in [0.25, 0.3) is 0 Å². The molecule has 4 heteroatoms. The molecule has 0 fully saturated rings. The first kappa shape index (κ1) is 12.8. The smallest absolute Gasteiger partial charge is 0.0725 e. The van der Waals surface area contributed by atoms with E-state index in [9.17, 15) is 0 Å². The number of nitrogens with one attached hydrogen (secondary N) is 1. The van der Waals surface area contributed by atoms with Gasteiger partial charge < -0.3 is 4.74 Å². The second-order valence-corrected chi connectivity index (χ2v) is 5.89. The van der Waals surface area contributed by atoms with E-state index < -0.39 is 0 Å². The molecule has 0 bridgehead atoms. The zero-order chi connectivity index (χ0) is 13.1. The van der Waals surface area contributed by atoms with E-state index in [4.69, 9.17) is 10.6 Å². The summed E-state index contributed by atoms with van der Waals surface area (Å²) >= 11 is 1.80. The lowest BCUT2D eigenvalue weighted by Crippen LogP contribution is -2.28. The van der Waals surface area contributed by atoms with E-state index >= 15 is 0 Å². The normalized spacial score (nSPS) is 15.4. The number of benzene rings is 1. The standard InChI is InChI=1S/C15H18N2OS/c16-17-15(6-5-14-2-1-7-19-14)11-3-4-12-9-18-10-13(12)8-11/h1-4,7-8,15,17H,5-6,9-10,16H2. The first-order chi connectivity index (χ1) is 9.36. The van der Waals surface area contributed by atoms with Crippen LogP contribution in [0.5, 0.6) is 0 Å². The third-order valence-corrected chi connectivity index (χ3v) is 4.54. The van der Waals surface area contributed by atoms with E-state index in [1.165, 1.54) is 21.6 Å². The molecule has 0 saturated carbocycles. The van der Waals surface area contributed by atoms with Crippen molar-refractivity contribution in [3.05, 3.63) is 57.3 Å². The lowest BCUT2D eigenvalue weighted by atomic mass is 9.98. The van der Waals surface area contributed by atoms with Crippen LogP contribution in [0.3, 0.4) is 0 Å². The molecule has 2 aromatic rings. The fourth-order valence-corrected chi connectivity index (χ4v) is 3.22. The minimum absolute atomic E-state index is 0.202. The second-order valence-electron chi connectivity index (χ2n) is 4.86. The van der Waals surface area contributed by atoms with Crippen LogP contribution in [-0.2, 0) is 24.4 Å². The molecule has 0 radical (unpaired) electrons. The zero-order valence-electron chi connectivity index (χ0n) is 10.8. The molecule has 19 heavy (non-hydrogen) atoms. The van der Waals surface area contributed by atoms with Crippen molar-refractivity contribution >= 4 is 11.3 Å². The van der Waals surface area contributed by atoms with Crippen LogP contribution in [0.2, 0.25) is 0 Å². The van der Waals surface area contributed by atoms with Crippen molar-refractivity contribution in [3.8, 4) is 0 Å². The number of thiophene rings is 1. The predicted molar refractivity (Wildman–Crippen MR) is 77.6 cm³/mol. The van der Waals surface area contributed by atoms with Crippen molar-refractivity contribution in [1.82, 2.24) is 5.43 Å². The molecular weight excluding hydrogens is 256 g/mol. The van der Waals surface area contributed by atoms with E-state index in [2.05, 4.69) is 41.1 Å². The number of hydrazine groups is 1. The highest BCUT2D eigenvalue weighted by Crippen LogP contribution is 2.26. The summed E-state index contributed by atoms with van der Waals surface area (Å²) < 4.78 is 5.45. The molecule has 1 atom stereocenters. The molecule has 0 aliphatic carbocycles. The van der Waals surface area contributed by atoms with Gasteiger partial charge >= 0.3 is 0 Å². The van der Waals surface area contributed by atoms with Crippen LogP contribution in [0.1, 0.15) is 34.0 Å². The Morgan fingerprint density at radius 2 is 2.16 bits per heavy atom. The first-order valence-electron chi connectivity index (χ1n) is 6.55. The highest BCUT2D eigenvalue weighted by molar-refractivity contribution is 7.09. The van der Waals surface area contributed by atoms with E-state index in [1.807, 2.05) is 0 Å². The van der Waals surface area contributed by atoms with Gasteiger partial charge in [0.25, 0.3) is 0 Å². The first-order valence-corrected chi connectivity index (χ1v) is 7.43. The Labute approximate surface area is 117 Å². The second kappa shape index (κ2) is 5.84. The summed E-state index contributed by atoms with van der Waals surface area (Å²) in [6.07, 6.45) is 2.07. The number of aryl methyl sites for hydroxylation is 1. The molecule has 1 aliphatic heterocycles. The Kier molecular flexibility index (Phi) is 3.94. The fraction of sp³-hybridized carbons (Fsp3) is 0.333. The monoisotopic (exact) mass is 274 g/mol. The Balaban J connectivity index is 1.71. The highest BCUT2D eigenvalue weighted by Gasteiger charge is 2.15. The molecule has 1 aromatic heterocycles. The van der Waals surface area contributed by atoms with Crippen LogP contribution in [0.4, 0.5) is 0 Å². The van der Waals surface area contributed by atoms with E-state index in [0.717, 1.165) is 26.1 Å². The van der Waals surface area contributed by atoms with Crippen molar-refractivity contribution in [1.29, 1.82) is 0 Å². The quantitative estimate of drug-likeness (QED) is 0.651. The Hall–Kier alpha value is -1.20. The Morgan fingerprint density at radius 1 is 1.26 bits per heavy atom. The number of rotatable bonds is 5. The lowest BCUT2D eigenvalue weighted by molar-refractivity contribution is 0.134.